The van der Waals surface area contributed by atoms with E-state index in [0.29, 0.717) is 5.75 Å². The van der Waals surface area contributed by atoms with Gasteiger partial charge in [0.2, 0.25) is 6.33 Å². The van der Waals surface area contributed by atoms with E-state index in [0.717, 1.165) is 18.7 Å². The van der Waals surface area contributed by atoms with E-state index in [-0.39, 0.29) is 17.0 Å². The molecule has 0 saturated heterocycles. The largest absolute Gasteiger partial charge is 1.00 e. The summed E-state index contributed by atoms with van der Waals surface area (Å²) in [7, 11) is 0. The highest BCUT2D eigenvalue weighted by Gasteiger charge is 2.04. The highest BCUT2D eigenvalue weighted by molar-refractivity contribution is 5.26. The molecule has 0 aliphatic carbocycles. The maximum Gasteiger partial charge on any atom is 0.244 e. The van der Waals surface area contributed by atoms with Crippen LogP contribution in [-0.4, -0.2) is 9.67 Å². The van der Waals surface area contributed by atoms with Gasteiger partial charge in [0.15, 0.2) is 0 Å². The Labute approximate surface area is 118 Å². The number of phenols is 1. The van der Waals surface area contributed by atoms with Crippen LogP contribution in [0.4, 0.5) is 0 Å². The molecule has 0 atom stereocenters. The Bertz CT molecular complexity index is 482. The molecule has 1 aromatic carbocycles. The number of hydrogen-bond donors (Lipinski definition) is 1. The van der Waals surface area contributed by atoms with Crippen molar-refractivity contribution in [2.24, 2.45) is 0 Å². The second kappa shape index (κ2) is 7.21. The fraction of sp³-hybridized carbons (Fsp3) is 0.357. The van der Waals surface area contributed by atoms with Crippen molar-refractivity contribution in [2.45, 2.75) is 32.9 Å². The van der Waals surface area contributed by atoms with E-state index in [1.165, 1.54) is 12.8 Å². The summed E-state index contributed by atoms with van der Waals surface area (Å²) in [6, 6.07) is 7.40. The molecule has 0 spiro atoms. The number of nitrogens with zero attached hydrogens (tertiary/aromatic N) is 2. The average molecular weight is 311 g/mol. The van der Waals surface area contributed by atoms with Crippen molar-refractivity contribution in [2.75, 3.05) is 0 Å². The van der Waals surface area contributed by atoms with Gasteiger partial charge in [0.1, 0.15) is 24.7 Å². The van der Waals surface area contributed by atoms with E-state index in [1.807, 2.05) is 12.1 Å². The number of benzene rings is 1. The molecule has 2 rings (SSSR count). The Kier molecular flexibility index (Phi) is 5.92. The number of unbranched alkanes of at least 4 members (excludes halogenated alkanes) is 1. The van der Waals surface area contributed by atoms with Gasteiger partial charge in [0, 0.05) is 0 Å². The number of hydrogen-bond acceptors (Lipinski definition) is 1. The van der Waals surface area contributed by atoms with Crippen molar-refractivity contribution in [1.82, 2.24) is 4.57 Å². The predicted molar refractivity (Wildman–Crippen MR) is 66.7 cm³/mol. The topological polar surface area (TPSA) is 29.0 Å². The van der Waals surface area contributed by atoms with Crippen molar-refractivity contribution in [3.63, 3.8) is 0 Å². The first kappa shape index (κ1) is 14.8. The molecule has 0 aliphatic heterocycles. The third-order valence-corrected chi connectivity index (χ3v) is 2.79. The van der Waals surface area contributed by atoms with Crippen LogP contribution in [0.15, 0.2) is 43.0 Å². The first-order valence-electron chi connectivity index (χ1n) is 6.10. The van der Waals surface area contributed by atoms with Crippen LogP contribution in [0, 0.1) is 0 Å². The molecular weight excluding hydrogens is 292 g/mol. The number of halogens is 1. The summed E-state index contributed by atoms with van der Waals surface area (Å²) in [6.45, 7) is 4.07. The van der Waals surface area contributed by atoms with E-state index in [9.17, 15) is 5.11 Å². The zero-order valence-corrected chi connectivity index (χ0v) is 12.2. The first-order chi connectivity index (χ1) is 8.28. The van der Waals surface area contributed by atoms with E-state index < -0.39 is 0 Å². The van der Waals surface area contributed by atoms with Gasteiger partial charge >= 0.3 is 0 Å². The summed E-state index contributed by atoms with van der Waals surface area (Å²) in [4.78, 5) is 0. The van der Waals surface area contributed by atoms with Gasteiger partial charge in [-0.15, -0.1) is 0 Å². The molecule has 0 saturated carbocycles. The van der Waals surface area contributed by atoms with Crippen molar-refractivity contribution >= 4 is 0 Å². The van der Waals surface area contributed by atoms with E-state index in [1.54, 1.807) is 12.1 Å². The highest BCUT2D eigenvalue weighted by atomic mass is 79.9. The second-order valence-corrected chi connectivity index (χ2v) is 4.35. The number of aromatic hydroxyl groups is 1. The normalized spacial score (nSPS) is 10.1. The summed E-state index contributed by atoms with van der Waals surface area (Å²) in [5.74, 6) is 0.327. The first-order valence-corrected chi connectivity index (χ1v) is 6.10. The molecule has 98 valence electrons. The fourth-order valence-electron chi connectivity index (χ4n) is 1.87. The van der Waals surface area contributed by atoms with Gasteiger partial charge < -0.3 is 22.1 Å². The second-order valence-electron chi connectivity index (χ2n) is 4.35. The molecule has 0 radical (unpaired) electrons. The van der Waals surface area contributed by atoms with Crippen LogP contribution >= 0.6 is 0 Å². The Morgan fingerprint density at radius 1 is 1.33 bits per heavy atom. The molecule has 18 heavy (non-hydrogen) atoms. The van der Waals surface area contributed by atoms with Crippen molar-refractivity contribution in [3.05, 3.63) is 48.5 Å². The lowest BCUT2D eigenvalue weighted by Gasteiger charge is -1.98. The van der Waals surface area contributed by atoms with Crippen LogP contribution in [0.25, 0.3) is 0 Å². The average Bonchev–Trinajstić information content (AvgIpc) is 2.74. The van der Waals surface area contributed by atoms with Crippen LogP contribution in [0.2, 0.25) is 0 Å². The third kappa shape index (κ3) is 4.18. The minimum Gasteiger partial charge on any atom is -1.00 e. The van der Waals surface area contributed by atoms with Crippen LogP contribution < -0.4 is 21.5 Å². The number of aromatic nitrogens is 2. The van der Waals surface area contributed by atoms with Crippen LogP contribution in [0.5, 0.6) is 5.75 Å². The van der Waals surface area contributed by atoms with Crippen LogP contribution in [-0.2, 0) is 13.1 Å². The monoisotopic (exact) mass is 310 g/mol. The van der Waals surface area contributed by atoms with Gasteiger partial charge in [0.05, 0.1) is 6.54 Å². The van der Waals surface area contributed by atoms with E-state index in [4.69, 9.17) is 0 Å². The predicted octanol–water partition coefficient (Wildman–Crippen LogP) is -0.666. The van der Waals surface area contributed by atoms with Gasteiger partial charge in [-0.2, -0.15) is 0 Å². The van der Waals surface area contributed by atoms with Gasteiger partial charge in [0.25, 0.3) is 0 Å². The highest BCUT2D eigenvalue weighted by Crippen LogP contribution is 2.10. The van der Waals surface area contributed by atoms with Gasteiger partial charge in [-0.1, -0.05) is 25.5 Å². The molecule has 0 bridgehead atoms. The SMILES string of the molecule is CCCCn1cc[n+](Cc2cccc(O)c2)c1.[Br-]. The van der Waals surface area contributed by atoms with Crippen LogP contribution in [0.1, 0.15) is 25.3 Å². The van der Waals surface area contributed by atoms with Crippen LogP contribution in [0.3, 0.4) is 0 Å². The zero-order valence-electron chi connectivity index (χ0n) is 10.6. The summed E-state index contributed by atoms with van der Waals surface area (Å²) in [5.41, 5.74) is 1.11. The summed E-state index contributed by atoms with van der Waals surface area (Å²) in [6.07, 6.45) is 8.70. The Balaban J connectivity index is 0.00000162. The Morgan fingerprint density at radius 3 is 2.89 bits per heavy atom. The molecule has 2 aromatic rings. The summed E-state index contributed by atoms with van der Waals surface area (Å²) in [5, 5.41) is 9.40. The molecule has 1 heterocycles. The molecule has 0 fully saturated rings. The summed E-state index contributed by atoms with van der Waals surface area (Å²) < 4.78 is 4.33. The maximum absolute atomic E-state index is 9.40. The van der Waals surface area contributed by atoms with Crippen molar-refractivity contribution in [1.29, 1.82) is 0 Å². The number of phenolic OH excluding ortho intramolecular Hbond substituents is 1. The standard InChI is InChI=1S/C14H18N2O.BrH/c1-2-3-7-15-8-9-16(12-15)11-13-5-4-6-14(17)10-13;/h4-6,8-10,12H,2-3,7,11H2,1H3;1H. The number of aryl methyl sites for hydroxylation is 1. The van der Waals surface area contributed by atoms with Gasteiger partial charge in [-0.3, -0.25) is 0 Å². The zero-order chi connectivity index (χ0) is 12.1. The van der Waals surface area contributed by atoms with E-state index in [2.05, 4.69) is 34.8 Å². The van der Waals surface area contributed by atoms with Gasteiger partial charge in [-0.05, 0) is 24.1 Å². The molecular formula is C14H19BrN2O. The lowest BCUT2D eigenvalue weighted by atomic mass is 10.2. The van der Waals surface area contributed by atoms with Crippen molar-refractivity contribution in [3.8, 4) is 5.75 Å². The minimum absolute atomic E-state index is 0. The lowest BCUT2D eigenvalue weighted by molar-refractivity contribution is -0.687. The lowest BCUT2D eigenvalue weighted by Crippen LogP contribution is -3.00. The molecule has 4 heteroatoms. The molecule has 0 aliphatic rings. The Hall–Kier alpha value is -1.29. The maximum atomic E-state index is 9.40. The number of rotatable bonds is 5. The summed E-state index contributed by atoms with van der Waals surface area (Å²) >= 11 is 0. The molecule has 0 amide bonds. The Morgan fingerprint density at radius 2 is 2.17 bits per heavy atom. The molecule has 1 aromatic heterocycles. The fourth-order valence-corrected chi connectivity index (χ4v) is 1.87. The number of imidazole rings is 1. The quantitative estimate of drug-likeness (QED) is 0.730. The molecule has 1 N–H and O–H groups in total. The van der Waals surface area contributed by atoms with E-state index >= 15 is 0 Å². The minimum atomic E-state index is 0. The third-order valence-electron chi connectivity index (χ3n) is 2.79. The molecule has 3 nitrogen and oxygen atoms in total. The molecule has 0 unspecified atom stereocenters. The van der Waals surface area contributed by atoms with Crippen molar-refractivity contribution < 1.29 is 26.7 Å². The van der Waals surface area contributed by atoms with Gasteiger partial charge in [-0.25, -0.2) is 9.13 Å². The smallest absolute Gasteiger partial charge is 0.244 e.